The molecule has 0 radical (unpaired) electrons. The van der Waals surface area contributed by atoms with E-state index in [4.69, 9.17) is 0 Å². The van der Waals surface area contributed by atoms with Gasteiger partial charge in [-0.1, -0.05) is 36.4 Å². The van der Waals surface area contributed by atoms with Gasteiger partial charge >= 0.3 is 0 Å². The van der Waals surface area contributed by atoms with Crippen molar-refractivity contribution in [1.82, 2.24) is 4.98 Å². The van der Waals surface area contributed by atoms with Crippen LogP contribution in [0, 0.1) is 20.8 Å². The van der Waals surface area contributed by atoms with Crippen molar-refractivity contribution < 1.29 is 4.79 Å². The van der Waals surface area contributed by atoms with Crippen molar-refractivity contribution in [3.8, 4) is 11.3 Å². The van der Waals surface area contributed by atoms with Gasteiger partial charge in [-0.2, -0.15) is 0 Å². The second-order valence-corrected chi connectivity index (χ2v) is 6.73. The molecule has 4 heteroatoms. The van der Waals surface area contributed by atoms with Gasteiger partial charge in [0.15, 0.2) is 0 Å². The normalized spacial score (nSPS) is 10.6. The van der Waals surface area contributed by atoms with Crippen LogP contribution in [0.4, 0.5) is 5.69 Å². The number of amides is 1. The third kappa shape index (κ3) is 3.32. The molecule has 1 heterocycles. The SMILES string of the molecule is Cc1nc(-c2ccccc2)c(C(=O)Nc2ccc(C)c(C)c2)s1. The molecule has 0 bridgehead atoms. The summed E-state index contributed by atoms with van der Waals surface area (Å²) in [6, 6.07) is 15.7. The highest BCUT2D eigenvalue weighted by Gasteiger charge is 2.18. The lowest BCUT2D eigenvalue weighted by atomic mass is 10.1. The Bertz CT molecular complexity index is 853. The number of carbonyl (C=O) groups is 1. The molecule has 3 nitrogen and oxygen atoms in total. The molecule has 0 aliphatic carbocycles. The van der Waals surface area contributed by atoms with Crippen molar-refractivity contribution in [1.29, 1.82) is 0 Å². The number of nitrogens with zero attached hydrogens (tertiary/aromatic N) is 1. The summed E-state index contributed by atoms with van der Waals surface area (Å²) in [5.41, 5.74) is 4.88. The maximum Gasteiger partial charge on any atom is 0.268 e. The zero-order valence-corrected chi connectivity index (χ0v) is 14.2. The van der Waals surface area contributed by atoms with E-state index >= 15 is 0 Å². The smallest absolute Gasteiger partial charge is 0.268 e. The molecule has 0 saturated carbocycles. The van der Waals surface area contributed by atoms with Crippen molar-refractivity contribution >= 4 is 22.9 Å². The second kappa shape index (κ2) is 6.34. The van der Waals surface area contributed by atoms with Gasteiger partial charge in [-0.15, -0.1) is 11.3 Å². The monoisotopic (exact) mass is 322 g/mol. The Morgan fingerprint density at radius 2 is 1.74 bits per heavy atom. The second-order valence-electron chi connectivity index (χ2n) is 5.53. The molecule has 0 atom stereocenters. The summed E-state index contributed by atoms with van der Waals surface area (Å²) in [4.78, 5) is 17.9. The van der Waals surface area contributed by atoms with Crippen LogP contribution in [0.1, 0.15) is 25.8 Å². The number of aryl methyl sites for hydroxylation is 3. The lowest BCUT2D eigenvalue weighted by Crippen LogP contribution is -2.11. The number of nitrogens with one attached hydrogen (secondary N) is 1. The topological polar surface area (TPSA) is 42.0 Å². The molecule has 0 aliphatic rings. The fourth-order valence-electron chi connectivity index (χ4n) is 2.38. The zero-order chi connectivity index (χ0) is 16.4. The van der Waals surface area contributed by atoms with Gasteiger partial charge in [0, 0.05) is 11.3 Å². The summed E-state index contributed by atoms with van der Waals surface area (Å²) in [7, 11) is 0. The average Bonchev–Trinajstić information content (AvgIpc) is 2.94. The molecule has 0 fully saturated rings. The lowest BCUT2D eigenvalue weighted by molar-refractivity contribution is 0.103. The molecule has 0 unspecified atom stereocenters. The highest BCUT2D eigenvalue weighted by Crippen LogP contribution is 2.28. The molecular formula is C19H18N2OS. The number of thiazole rings is 1. The first-order valence-corrected chi connectivity index (χ1v) is 8.27. The van der Waals surface area contributed by atoms with Crippen molar-refractivity contribution in [3.63, 3.8) is 0 Å². The van der Waals surface area contributed by atoms with Gasteiger partial charge in [-0.05, 0) is 44.0 Å². The van der Waals surface area contributed by atoms with Crippen LogP contribution in [0.15, 0.2) is 48.5 Å². The highest BCUT2D eigenvalue weighted by molar-refractivity contribution is 7.14. The van der Waals surface area contributed by atoms with Crippen LogP contribution in [-0.2, 0) is 0 Å². The molecule has 116 valence electrons. The summed E-state index contributed by atoms with van der Waals surface area (Å²) in [6.45, 7) is 6.02. The number of carbonyl (C=O) groups excluding carboxylic acids is 1. The Morgan fingerprint density at radius 3 is 2.43 bits per heavy atom. The van der Waals surface area contributed by atoms with Crippen molar-refractivity contribution in [2.75, 3.05) is 5.32 Å². The minimum Gasteiger partial charge on any atom is -0.321 e. The summed E-state index contributed by atoms with van der Waals surface area (Å²) in [5.74, 6) is -0.113. The van der Waals surface area contributed by atoms with Gasteiger partial charge in [0.2, 0.25) is 0 Å². The fraction of sp³-hybridized carbons (Fsp3) is 0.158. The molecule has 0 spiro atoms. The van der Waals surface area contributed by atoms with Crippen molar-refractivity contribution in [2.45, 2.75) is 20.8 Å². The van der Waals surface area contributed by atoms with Crippen LogP contribution in [0.2, 0.25) is 0 Å². The van der Waals surface area contributed by atoms with E-state index in [0.29, 0.717) is 4.88 Å². The predicted molar refractivity (Wildman–Crippen MR) is 96.2 cm³/mol. The van der Waals surface area contributed by atoms with Gasteiger partial charge in [-0.25, -0.2) is 4.98 Å². The molecular weight excluding hydrogens is 304 g/mol. The molecule has 0 aliphatic heterocycles. The Labute approximate surface area is 140 Å². The molecule has 2 aromatic carbocycles. The van der Waals surface area contributed by atoms with Crippen LogP contribution in [-0.4, -0.2) is 10.9 Å². The van der Waals surface area contributed by atoms with E-state index in [2.05, 4.69) is 17.2 Å². The maximum atomic E-state index is 12.7. The summed E-state index contributed by atoms with van der Waals surface area (Å²) in [6.07, 6.45) is 0. The standard InChI is InChI=1S/C19H18N2OS/c1-12-9-10-16(11-13(12)2)21-19(22)18-17(20-14(3)23-18)15-7-5-4-6-8-15/h4-11H,1-3H3,(H,21,22). The summed E-state index contributed by atoms with van der Waals surface area (Å²) >= 11 is 1.42. The summed E-state index contributed by atoms with van der Waals surface area (Å²) < 4.78 is 0. The zero-order valence-electron chi connectivity index (χ0n) is 13.4. The number of benzene rings is 2. The molecule has 1 N–H and O–H groups in total. The maximum absolute atomic E-state index is 12.7. The van der Waals surface area contributed by atoms with E-state index in [1.54, 1.807) is 0 Å². The predicted octanol–water partition coefficient (Wildman–Crippen LogP) is 4.99. The number of anilines is 1. The van der Waals surface area contributed by atoms with Crippen LogP contribution in [0.5, 0.6) is 0 Å². The van der Waals surface area contributed by atoms with Crippen LogP contribution >= 0.6 is 11.3 Å². The van der Waals surface area contributed by atoms with Gasteiger partial charge in [0.05, 0.1) is 10.7 Å². The van der Waals surface area contributed by atoms with E-state index in [9.17, 15) is 4.79 Å². The van der Waals surface area contributed by atoms with E-state index < -0.39 is 0 Å². The average molecular weight is 322 g/mol. The lowest BCUT2D eigenvalue weighted by Gasteiger charge is -2.07. The number of hydrogen-bond donors (Lipinski definition) is 1. The van der Waals surface area contributed by atoms with E-state index in [0.717, 1.165) is 27.5 Å². The van der Waals surface area contributed by atoms with E-state index in [1.807, 2.05) is 62.4 Å². The quantitative estimate of drug-likeness (QED) is 0.738. The van der Waals surface area contributed by atoms with E-state index in [-0.39, 0.29) is 5.91 Å². The Hall–Kier alpha value is -2.46. The number of aromatic nitrogens is 1. The Morgan fingerprint density at radius 1 is 1.00 bits per heavy atom. The van der Waals surface area contributed by atoms with Crippen LogP contribution in [0.25, 0.3) is 11.3 Å². The minimum absolute atomic E-state index is 0.113. The third-order valence-electron chi connectivity index (χ3n) is 3.75. The largest absolute Gasteiger partial charge is 0.321 e. The van der Waals surface area contributed by atoms with Gasteiger partial charge < -0.3 is 5.32 Å². The van der Waals surface area contributed by atoms with Gasteiger partial charge in [0.1, 0.15) is 4.88 Å². The number of hydrogen-bond acceptors (Lipinski definition) is 3. The van der Waals surface area contributed by atoms with Crippen molar-refractivity contribution in [2.24, 2.45) is 0 Å². The molecule has 3 aromatic rings. The molecule has 23 heavy (non-hydrogen) atoms. The molecule has 0 saturated heterocycles. The third-order valence-corrected chi connectivity index (χ3v) is 4.72. The van der Waals surface area contributed by atoms with E-state index in [1.165, 1.54) is 16.9 Å². The van der Waals surface area contributed by atoms with Crippen LogP contribution < -0.4 is 5.32 Å². The summed E-state index contributed by atoms with van der Waals surface area (Å²) in [5, 5.41) is 3.86. The minimum atomic E-state index is -0.113. The molecule has 1 amide bonds. The highest BCUT2D eigenvalue weighted by atomic mass is 32.1. The first-order valence-electron chi connectivity index (χ1n) is 7.46. The number of rotatable bonds is 3. The first kappa shape index (κ1) is 15.4. The van der Waals surface area contributed by atoms with Gasteiger partial charge in [0.25, 0.3) is 5.91 Å². The fourth-order valence-corrected chi connectivity index (χ4v) is 3.22. The molecule has 1 aromatic heterocycles. The Kier molecular flexibility index (Phi) is 4.26. The van der Waals surface area contributed by atoms with Crippen molar-refractivity contribution in [3.05, 3.63) is 69.5 Å². The van der Waals surface area contributed by atoms with Crippen LogP contribution in [0.3, 0.4) is 0 Å². The molecule has 3 rings (SSSR count). The Balaban J connectivity index is 1.92. The first-order chi connectivity index (χ1) is 11.0. The van der Waals surface area contributed by atoms with Gasteiger partial charge in [-0.3, -0.25) is 4.79 Å².